The van der Waals surface area contributed by atoms with Crippen LogP contribution in [0.25, 0.3) is 0 Å². The second kappa shape index (κ2) is 9.22. The maximum absolute atomic E-state index is 12.7. The van der Waals surface area contributed by atoms with Gasteiger partial charge >= 0.3 is 0 Å². The fraction of sp³-hybridized carbons (Fsp3) is 0.500. The molecule has 2 saturated heterocycles. The van der Waals surface area contributed by atoms with Gasteiger partial charge in [-0.2, -0.15) is 0 Å². The van der Waals surface area contributed by atoms with Crippen LogP contribution >= 0.6 is 0 Å². The third-order valence-electron chi connectivity index (χ3n) is 5.85. The third kappa shape index (κ3) is 4.85. The van der Waals surface area contributed by atoms with Gasteiger partial charge in [0.15, 0.2) is 0 Å². The smallest absolute Gasteiger partial charge is 0.257 e. The summed E-state index contributed by atoms with van der Waals surface area (Å²) in [7, 11) is 0. The summed E-state index contributed by atoms with van der Waals surface area (Å²) in [5.74, 6) is 0.515. The molecule has 2 fully saturated rings. The first kappa shape index (κ1) is 19.6. The highest BCUT2D eigenvalue weighted by atomic mass is 16.2. The number of benzene rings is 1. The SMILES string of the molecule is CCN1CCN(C(=O)c2cnc(Nc3ccc(N4CCCCC4)cc3)nc2)CC1. The van der Waals surface area contributed by atoms with E-state index in [1.165, 1.54) is 24.9 Å². The summed E-state index contributed by atoms with van der Waals surface area (Å²) in [5.41, 5.74) is 2.75. The number of hydrogen-bond donors (Lipinski definition) is 1. The lowest BCUT2D eigenvalue weighted by Crippen LogP contribution is -2.48. The molecular formula is C22H30N6O. The van der Waals surface area contributed by atoms with E-state index < -0.39 is 0 Å². The molecule has 0 radical (unpaired) electrons. The highest BCUT2D eigenvalue weighted by molar-refractivity contribution is 5.93. The molecule has 7 heteroatoms. The monoisotopic (exact) mass is 394 g/mol. The molecule has 1 amide bonds. The Morgan fingerprint density at radius 1 is 0.931 bits per heavy atom. The topological polar surface area (TPSA) is 64.6 Å². The Labute approximate surface area is 172 Å². The van der Waals surface area contributed by atoms with Crippen molar-refractivity contribution in [3.8, 4) is 0 Å². The summed E-state index contributed by atoms with van der Waals surface area (Å²) in [5, 5.41) is 3.22. The Morgan fingerprint density at radius 2 is 1.59 bits per heavy atom. The zero-order chi connectivity index (χ0) is 20.1. The normalized spacial score (nSPS) is 18.0. The van der Waals surface area contributed by atoms with Crippen LogP contribution in [0.5, 0.6) is 0 Å². The van der Waals surface area contributed by atoms with E-state index in [2.05, 4.69) is 56.3 Å². The van der Waals surface area contributed by atoms with Crippen LogP contribution < -0.4 is 10.2 Å². The van der Waals surface area contributed by atoms with Gasteiger partial charge < -0.3 is 20.0 Å². The molecule has 0 aliphatic carbocycles. The molecule has 1 N–H and O–H groups in total. The van der Waals surface area contributed by atoms with Gasteiger partial charge in [0.05, 0.1) is 5.56 Å². The Balaban J connectivity index is 1.34. The summed E-state index contributed by atoms with van der Waals surface area (Å²) in [6.45, 7) is 8.83. The minimum atomic E-state index is 0.0122. The molecule has 29 heavy (non-hydrogen) atoms. The molecule has 7 nitrogen and oxygen atoms in total. The van der Waals surface area contributed by atoms with Gasteiger partial charge in [0.2, 0.25) is 5.95 Å². The van der Waals surface area contributed by atoms with E-state index in [0.29, 0.717) is 11.5 Å². The minimum Gasteiger partial charge on any atom is -0.372 e. The zero-order valence-corrected chi connectivity index (χ0v) is 17.2. The fourth-order valence-corrected chi connectivity index (χ4v) is 3.99. The van der Waals surface area contributed by atoms with Gasteiger partial charge in [-0.25, -0.2) is 9.97 Å². The molecule has 1 aromatic carbocycles. The minimum absolute atomic E-state index is 0.0122. The lowest BCUT2D eigenvalue weighted by molar-refractivity contribution is 0.0642. The Kier molecular flexibility index (Phi) is 6.24. The van der Waals surface area contributed by atoms with Crippen LogP contribution in [-0.4, -0.2) is 71.5 Å². The second-order valence-corrected chi connectivity index (χ2v) is 7.74. The number of hydrogen-bond acceptors (Lipinski definition) is 6. The number of anilines is 3. The van der Waals surface area contributed by atoms with E-state index in [0.717, 1.165) is 51.5 Å². The zero-order valence-electron chi connectivity index (χ0n) is 17.2. The van der Waals surface area contributed by atoms with Crippen LogP contribution in [-0.2, 0) is 0 Å². The maximum atomic E-state index is 12.7. The Morgan fingerprint density at radius 3 is 2.21 bits per heavy atom. The molecule has 0 spiro atoms. The van der Waals surface area contributed by atoms with Gasteiger partial charge in [0.1, 0.15) is 0 Å². The first-order valence-corrected chi connectivity index (χ1v) is 10.7. The molecule has 0 atom stereocenters. The van der Waals surface area contributed by atoms with Crippen molar-refractivity contribution in [2.24, 2.45) is 0 Å². The molecule has 4 rings (SSSR count). The Bertz CT molecular complexity index is 793. The van der Waals surface area contributed by atoms with E-state index in [-0.39, 0.29) is 5.91 Å². The summed E-state index contributed by atoms with van der Waals surface area (Å²) in [6, 6.07) is 8.39. The molecule has 2 aliphatic heterocycles. The van der Waals surface area contributed by atoms with Gasteiger partial charge in [-0.3, -0.25) is 4.79 Å². The van der Waals surface area contributed by atoms with Gasteiger partial charge in [0.25, 0.3) is 5.91 Å². The van der Waals surface area contributed by atoms with Gasteiger partial charge in [-0.1, -0.05) is 6.92 Å². The van der Waals surface area contributed by atoms with Crippen molar-refractivity contribution < 1.29 is 4.79 Å². The molecule has 154 valence electrons. The van der Waals surface area contributed by atoms with Crippen LogP contribution in [0.4, 0.5) is 17.3 Å². The highest BCUT2D eigenvalue weighted by Gasteiger charge is 2.21. The van der Waals surface area contributed by atoms with Crippen molar-refractivity contribution >= 4 is 23.2 Å². The van der Waals surface area contributed by atoms with Crippen LogP contribution in [0.15, 0.2) is 36.7 Å². The van der Waals surface area contributed by atoms with E-state index >= 15 is 0 Å². The molecule has 0 unspecified atom stereocenters. The fourth-order valence-electron chi connectivity index (χ4n) is 3.99. The van der Waals surface area contributed by atoms with E-state index in [4.69, 9.17) is 0 Å². The van der Waals surface area contributed by atoms with Gasteiger partial charge in [0, 0.05) is 63.0 Å². The molecular weight excluding hydrogens is 364 g/mol. The van der Waals surface area contributed by atoms with Crippen molar-refractivity contribution in [3.63, 3.8) is 0 Å². The molecule has 0 bridgehead atoms. The van der Waals surface area contributed by atoms with Crippen molar-refractivity contribution in [3.05, 3.63) is 42.2 Å². The first-order valence-electron chi connectivity index (χ1n) is 10.7. The van der Waals surface area contributed by atoms with Crippen molar-refractivity contribution in [1.29, 1.82) is 0 Å². The quantitative estimate of drug-likeness (QED) is 0.841. The molecule has 3 heterocycles. The van der Waals surface area contributed by atoms with Crippen molar-refractivity contribution in [1.82, 2.24) is 19.8 Å². The van der Waals surface area contributed by atoms with Gasteiger partial charge in [-0.05, 0) is 50.1 Å². The number of amides is 1. The van der Waals surface area contributed by atoms with E-state index in [1.54, 1.807) is 12.4 Å². The number of carbonyl (C=O) groups excluding carboxylic acids is 1. The number of piperazine rings is 1. The number of nitrogens with zero attached hydrogens (tertiary/aromatic N) is 5. The largest absolute Gasteiger partial charge is 0.372 e. The highest BCUT2D eigenvalue weighted by Crippen LogP contribution is 2.23. The summed E-state index contributed by atoms with van der Waals surface area (Å²) in [6.07, 6.45) is 7.11. The Hall–Kier alpha value is -2.67. The molecule has 2 aliphatic rings. The van der Waals surface area contributed by atoms with Crippen molar-refractivity contribution in [2.75, 3.05) is 56.0 Å². The predicted molar refractivity (Wildman–Crippen MR) is 116 cm³/mol. The van der Waals surface area contributed by atoms with Crippen LogP contribution in [0.1, 0.15) is 36.5 Å². The van der Waals surface area contributed by atoms with Crippen LogP contribution in [0, 0.1) is 0 Å². The molecule has 0 saturated carbocycles. The van der Waals surface area contributed by atoms with Crippen molar-refractivity contribution in [2.45, 2.75) is 26.2 Å². The van der Waals surface area contributed by atoms with Gasteiger partial charge in [-0.15, -0.1) is 0 Å². The number of nitrogens with one attached hydrogen (secondary N) is 1. The average Bonchev–Trinajstić information content (AvgIpc) is 2.80. The number of piperidine rings is 1. The van der Waals surface area contributed by atoms with Crippen LogP contribution in [0.3, 0.4) is 0 Å². The lowest BCUT2D eigenvalue weighted by Gasteiger charge is -2.33. The number of aromatic nitrogens is 2. The third-order valence-corrected chi connectivity index (χ3v) is 5.85. The van der Waals surface area contributed by atoms with E-state index in [9.17, 15) is 4.79 Å². The lowest BCUT2D eigenvalue weighted by atomic mass is 10.1. The summed E-state index contributed by atoms with van der Waals surface area (Å²) >= 11 is 0. The predicted octanol–water partition coefficient (Wildman–Crippen LogP) is 2.99. The average molecular weight is 395 g/mol. The van der Waals surface area contributed by atoms with Crippen LogP contribution in [0.2, 0.25) is 0 Å². The number of rotatable bonds is 5. The first-order chi connectivity index (χ1) is 14.2. The summed E-state index contributed by atoms with van der Waals surface area (Å²) < 4.78 is 0. The maximum Gasteiger partial charge on any atom is 0.257 e. The number of likely N-dealkylation sites (N-methyl/N-ethyl adjacent to an activating group) is 1. The summed E-state index contributed by atoms with van der Waals surface area (Å²) in [4.78, 5) is 28.0. The number of carbonyl (C=O) groups is 1. The second-order valence-electron chi connectivity index (χ2n) is 7.74. The van der Waals surface area contributed by atoms with E-state index in [1.807, 2.05) is 4.90 Å². The standard InChI is InChI=1S/C22H30N6O/c1-2-26-12-14-28(15-13-26)21(29)18-16-23-22(24-17-18)25-19-6-8-20(9-7-19)27-10-4-3-5-11-27/h6-9,16-17H,2-5,10-15H2,1H3,(H,23,24,25). The molecule has 1 aromatic heterocycles. The molecule has 2 aromatic rings.